The minimum atomic E-state index is -3.67. The first-order valence-electron chi connectivity index (χ1n) is 4.71. The third-order valence-electron chi connectivity index (χ3n) is 2.29. The maximum absolute atomic E-state index is 11.3. The minimum absolute atomic E-state index is 0.151. The molecule has 0 saturated heterocycles. The monoisotopic (exact) mass is 255 g/mol. The van der Waals surface area contributed by atoms with Crippen LogP contribution in [0, 0.1) is 0 Å². The molecule has 0 aliphatic heterocycles. The lowest BCUT2D eigenvalue weighted by Gasteiger charge is -2.00. The van der Waals surface area contributed by atoms with Crippen molar-refractivity contribution < 1.29 is 8.42 Å². The van der Waals surface area contributed by atoms with Crippen molar-refractivity contribution in [2.45, 2.75) is 11.3 Å². The van der Waals surface area contributed by atoms with E-state index in [9.17, 15) is 8.42 Å². The van der Waals surface area contributed by atoms with Gasteiger partial charge in [0.15, 0.2) is 0 Å². The number of nitrogens with one attached hydrogen (secondary N) is 1. The summed E-state index contributed by atoms with van der Waals surface area (Å²) in [7, 11) is 1.65. The zero-order valence-electron chi connectivity index (χ0n) is 8.35. The summed E-state index contributed by atoms with van der Waals surface area (Å²) in [5, 5.41) is 0. The Bertz CT molecular complexity index is 575. The van der Waals surface area contributed by atoms with Gasteiger partial charge in [-0.1, -0.05) is 30.3 Å². The van der Waals surface area contributed by atoms with Crippen LogP contribution in [0.2, 0.25) is 0 Å². The molecule has 0 atom stereocenters. The predicted molar refractivity (Wildman–Crippen MR) is 63.1 cm³/mol. The number of aromatic nitrogens is 1. The van der Waals surface area contributed by atoms with Crippen molar-refractivity contribution in [1.82, 2.24) is 4.98 Å². The Balaban J connectivity index is 2.34. The Morgan fingerprint density at radius 3 is 2.44 bits per heavy atom. The van der Waals surface area contributed by atoms with Crippen molar-refractivity contribution in [3.8, 4) is 0 Å². The van der Waals surface area contributed by atoms with Crippen LogP contribution in [0.5, 0.6) is 0 Å². The number of H-pyrrole nitrogens is 1. The summed E-state index contributed by atoms with van der Waals surface area (Å²) in [6.45, 7) is 0. The van der Waals surface area contributed by atoms with E-state index in [2.05, 4.69) is 4.98 Å². The largest absolute Gasteiger partial charge is 0.366 e. The highest BCUT2D eigenvalue weighted by molar-refractivity contribution is 8.13. The molecule has 0 unspecified atom stereocenters. The van der Waals surface area contributed by atoms with E-state index in [1.807, 2.05) is 30.3 Å². The number of hydrogen-bond acceptors (Lipinski definition) is 2. The zero-order chi connectivity index (χ0) is 11.6. The number of rotatable bonds is 3. The second-order valence-corrected chi connectivity index (χ2v) is 5.98. The molecule has 0 saturated carbocycles. The molecule has 2 aromatic rings. The van der Waals surface area contributed by atoms with Gasteiger partial charge in [-0.25, -0.2) is 8.42 Å². The maximum atomic E-state index is 11.3. The Hall–Kier alpha value is -1.26. The molecule has 0 aliphatic rings. The fourth-order valence-electron chi connectivity index (χ4n) is 1.56. The van der Waals surface area contributed by atoms with Crippen LogP contribution in [0.25, 0.3) is 0 Å². The van der Waals surface area contributed by atoms with Gasteiger partial charge in [0.1, 0.15) is 4.90 Å². The standard InChI is InChI=1S/C11H10ClNO2S/c12-16(14,15)11-8-13-7-10(11)6-9-4-2-1-3-5-9/h1-5,7-8,13H,6H2. The Morgan fingerprint density at radius 2 is 1.81 bits per heavy atom. The maximum Gasteiger partial charge on any atom is 0.263 e. The third-order valence-corrected chi connectivity index (χ3v) is 3.69. The van der Waals surface area contributed by atoms with Crippen LogP contribution in [0.1, 0.15) is 11.1 Å². The van der Waals surface area contributed by atoms with E-state index >= 15 is 0 Å². The summed E-state index contributed by atoms with van der Waals surface area (Å²) in [6, 6.07) is 9.63. The van der Waals surface area contributed by atoms with Gasteiger partial charge in [0, 0.05) is 29.5 Å². The van der Waals surface area contributed by atoms with Crippen LogP contribution < -0.4 is 0 Å². The van der Waals surface area contributed by atoms with Crippen LogP contribution in [0.15, 0.2) is 47.6 Å². The zero-order valence-corrected chi connectivity index (χ0v) is 9.92. The lowest BCUT2D eigenvalue weighted by atomic mass is 10.1. The number of halogens is 1. The summed E-state index contributed by atoms with van der Waals surface area (Å²) in [4.78, 5) is 2.91. The van der Waals surface area contributed by atoms with E-state index in [-0.39, 0.29) is 4.90 Å². The fourth-order valence-corrected chi connectivity index (χ4v) is 2.65. The molecule has 0 spiro atoms. The highest BCUT2D eigenvalue weighted by Crippen LogP contribution is 2.21. The predicted octanol–water partition coefficient (Wildman–Crippen LogP) is 2.53. The molecule has 0 radical (unpaired) electrons. The molecule has 2 rings (SSSR count). The summed E-state index contributed by atoms with van der Waals surface area (Å²) in [6.07, 6.45) is 3.61. The molecule has 1 aromatic carbocycles. The van der Waals surface area contributed by atoms with E-state index in [1.54, 1.807) is 6.20 Å². The first kappa shape index (κ1) is 11.2. The molecule has 84 valence electrons. The molecule has 16 heavy (non-hydrogen) atoms. The molecule has 3 nitrogen and oxygen atoms in total. The molecule has 1 heterocycles. The van der Waals surface area contributed by atoms with Crippen molar-refractivity contribution in [2.24, 2.45) is 0 Å². The molecular formula is C11H10ClNO2S. The Morgan fingerprint density at radius 1 is 1.12 bits per heavy atom. The van der Waals surface area contributed by atoms with Crippen LogP contribution >= 0.6 is 10.7 Å². The fraction of sp³-hybridized carbons (Fsp3) is 0.0909. The van der Waals surface area contributed by atoms with Gasteiger partial charge in [-0.15, -0.1) is 0 Å². The molecule has 0 bridgehead atoms. The van der Waals surface area contributed by atoms with E-state index in [4.69, 9.17) is 10.7 Å². The average Bonchev–Trinajstić information content (AvgIpc) is 2.67. The highest BCUT2D eigenvalue weighted by Gasteiger charge is 2.16. The lowest BCUT2D eigenvalue weighted by molar-refractivity contribution is 0.609. The third kappa shape index (κ3) is 2.46. The second-order valence-electron chi connectivity index (χ2n) is 3.45. The summed E-state index contributed by atoms with van der Waals surface area (Å²) < 4.78 is 22.5. The van der Waals surface area contributed by atoms with Crippen LogP contribution in [-0.2, 0) is 15.5 Å². The van der Waals surface area contributed by atoms with Gasteiger partial charge in [0.2, 0.25) is 0 Å². The van der Waals surface area contributed by atoms with Gasteiger partial charge in [0.05, 0.1) is 0 Å². The SMILES string of the molecule is O=S(=O)(Cl)c1c[nH]cc1Cc1ccccc1. The van der Waals surface area contributed by atoms with Crippen LogP contribution in [0.4, 0.5) is 0 Å². The van der Waals surface area contributed by atoms with Crippen LogP contribution in [-0.4, -0.2) is 13.4 Å². The summed E-state index contributed by atoms with van der Waals surface area (Å²) >= 11 is 0. The van der Waals surface area contributed by atoms with Gasteiger partial charge < -0.3 is 4.98 Å². The molecule has 1 N–H and O–H groups in total. The van der Waals surface area contributed by atoms with Gasteiger partial charge in [0.25, 0.3) is 9.05 Å². The summed E-state index contributed by atoms with van der Waals surface area (Å²) in [5.74, 6) is 0. The Labute approximate surface area is 98.5 Å². The smallest absolute Gasteiger partial charge is 0.263 e. The molecule has 1 aromatic heterocycles. The van der Waals surface area contributed by atoms with Crippen molar-refractivity contribution in [3.05, 3.63) is 53.9 Å². The topological polar surface area (TPSA) is 49.9 Å². The van der Waals surface area contributed by atoms with Crippen LogP contribution in [0.3, 0.4) is 0 Å². The van der Waals surface area contributed by atoms with Gasteiger partial charge in [-0.3, -0.25) is 0 Å². The van der Waals surface area contributed by atoms with E-state index < -0.39 is 9.05 Å². The van der Waals surface area contributed by atoms with E-state index in [0.29, 0.717) is 12.0 Å². The minimum Gasteiger partial charge on any atom is -0.366 e. The molecule has 0 amide bonds. The molecule has 0 fully saturated rings. The highest BCUT2D eigenvalue weighted by atomic mass is 35.7. The average molecular weight is 256 g/mol. The molecule has 0 aliphatic carbocycles. The van der Waals surface area contributed by atoms with Crippen molar-refractivity contribution >= 4 is 19.7 Å². The van der Waals surface area contributed by atoms with Crippen molar-refractivity contribution in [1.29, 1.82) is 0 Å². The lowest BCUT2D eigenvalue weighted by Crippen LogP contribution is -1.95. The van der Waals surface area contributed by atoms with E-state index in [0.717, 1.165) is 5.56 Å². The Kier molecular flexibility index (Phi) is 3.03. The van der Waals surface area contributed by atoms with Crippen molar-refractivity contribution in [3.63, 3.8) is 0 Å². The first-order valence-corrected chi connectivity index (χ1v) is 7.02. The quantitative estimate of drug-likeness (QED) is 0.857. The molecular weight excluding hydrogens is 246 g/mol. The second kappa shape index (κ2) is 4.31. The number of benzene rings is 1. The van der Waals surface area contributed by atoms with Gasteiger partial charge in [-0.2, -0.15) is 0 Å². The first-order chi connectivity index (χ1) is 7.57. The van der Waals surface area contributed by atoms with Gasteiger partial charge >= 0.3 is 0 Å². The van der Waals surface area contributed by atoms with Crippen molar-refractivity contribution in [2.75, 3.05) is 0 Å². The number of aromatic amines is 1. The van der Waals surface area contributed by atoms with Gasteiger partial charge in [-0.05, 0) is 11.1 Å². The number of hydrogen-bond donors (Lipinski definition) is 1. The van der Waals surface area contributed by atoms with E-state index in [1.165, 1.54) is 6.20 Å². The molecule has 5 heteroatoms. The normalized spacial score (nSPS) is 11.6. The summed E-state index contributed by atoms with van der Waals surface area (Å²) in [5.41, 5.74) is 1.73.